The van der Waals surface area contributed by atoms with E-state index < -0.39 is 0 Å². The molecule has 3 aromatic rings. The smallest absolute Gasteiger partial charge is 0.150 e. The van der Waals surface area contributed by atoms with Crippen molar-refractivity contribution in [1.82, 2.24) is 0 Å². The Hall–Kier alpha value is -3.20. The van der Waals surface area contributed by atoms with E-state index in [2.05, 4.69) is 4.90 Å². The van der Waals surface area contributed by atoms with Crippen molar-refractivity contribution in [1.29, 1.82) is 0 Å². The Morgan fingerprint density at radius 3 is 1.28 bits per heavy atom. The lowest BCUT2D eigenvalue weighted by molar-refractivity contribution is 0.111. The van der Waals surface area contributed by atoms with E-state index in [9.17, 15) is 9.59 Å². The standard InChI is InChI=1S/C20H15NO2.C2H6/c22-14-16-6-10-19(11-7-16)21(18-4-2-1-3-5-18)20-12-8-17(15-23)9-13-20;1-2/h1-15H;1-2H3. The van der Waals surface area contributed by atoms with Crippen LogP contribution in [0.2, 0.25) is 0 Å². The van der Waals surface area contributed by atoms with Crippen molar-refractivity contribution in [3.8, 4) is 0 Å². The molecule has 0 atom stereocenters. The van der Waals surface area contributed by atoms with Crippen molar-refractivity contribution in [2.24, 2.45) is 0 Å². The third-order valence-electron chi connectivity index (χ3n) is 3.59. The average Bonchev–Trinajstić information content (AvgIpc) is 2.71. The number of carbonyl (C=O) groups is 2. The average molecular weight is 331 g/mol. The molecule has 0 heterocycles. The Bertz CT molecular complexity index is 742. The zero-order valence-electron chi connectivity index (χ0n) is 14.4. The minimum absolute atomic E-state index is 0.637. The number of nitrogens with zero attached hydrogens (tertiary/aromatic N) is 1. The first-order chi connectivity index (χ1) is 12.3. The van der Waals surface area contributed by atoms with Gasteiger partial charge in [-0.2, -0.15) is 0 Å². The summed E-state index contributed by atoms with van der Waals surface area (Å²) in [7, 11) is 0. The van der Waals surface area contributed by atoms with E-state index in [1.54, 1.807) is 24.3 Å². The van der Waals surface area contributed by atoms with E-state index >= 15 is 0 Å². The highest BCUT2D eigenvalue weighted by Crippen LogP contribution is 2.34. The summed E-state index contributed by atoms with van der Waals surface area (Å²) in [5.74, 6) is 0. The van der Waals surface area contributed by atoms with Gasteiger partial charge in [-0.05, 0) is 60.7 Å². The van der Waals surface area contributed by atoms with Gasteiger partial charge < -0.3 is 4.90 Å². The third kappa shape index (κ3) is 4.42. The van der Waals surface area contributed by atoms with Crippen molar-refractivity contribution < 1.29 is 9.59 Å². The molecule has 3 heteroatoms. The largest absolute Gasteiger partial charge is 0.311 e. The zero-order valence-corrected chi connectivity index (χ0v) is 14.4. The molecular formula is C22H21NO2. The van der Waals surface area contributed by atoms with E-state index in [1.807, 2.05) is 68.4 Å². The summed E-state index contributed by atoms with van der Waals surface area (Å²) in [6.07, 6.45) is 1.66. The predicted octanol–water partition coefficient (Wildman–Crippen LogP) is 5.81. The van der Waals surface area contributed by atoms with Gasteiger partial charge in [-0.15, -0.1) is 0 Å². The van der Waals surface area contributed by atoms with Gasteiger partial charge in [0.05, 0.1) is 0 Å². The van der Waals surface area contributed by atoms with Crippen molar-refractivity contribution in [2.45, 2.75) is 13.8 Å². The molecule has 0 fully saturated rings. The van der Waals surface area contributed by atoms with E-state index in [4.69, 9.17) is 0 Å². The maximum absolute atomic E-state index is 10.9. The fraction of sp³-hybridized carbons (Fsp3) is 0.0909. The lowest BCUT2D eigenvalue weighted by Crippen LogP contribution is -2.09. The molecule has 0 saturated heterocycles. The van der Waals surface area contributed by atoms with Crippen molar-refractivity contribution in [2.75, 3.05) is 4.90 Å². The highest BCUT2D eigenvalue weighted by atomic mass is 16.1. The molecule has 25 heavy (non-hydrogen) atoms. The van der Waals surface area contributed by atoms with Gasteiger partial charge in [0.1, 0.15) is 12.6 Å². The summed E-state index contributed by atoms with van der Waals surface area (Å²) in [6, 6.07) is 24.7. The number of hydrogen-bond donors (Lipinski definition) is 0. The maximum Gasteiger partial charge on any atom is 0.150 e. The SMILES string of the molecule is CC.O=Cc1ccc(N(c2ccccc2)c2ccc(C=O)cc2)cc1. The van der Waals surface area contributed by atoms with Gasteiger partial charge in [-0.1, -0.05) is 32.0 Å². The predicted molar refractivity (Wildman–Crippen MR) is 103 cm³/mol. The number of para-hydroxylation sites is 1. The molecule has 0 saturated carbocycles. The second kappa shape index (κ2) is 9.18. The van der Waals surface area contributed by atoms with E-state index in [0.717, 1.165) is 29.6 Å². The molecule has 0 amide bonds. The van der Waals surface area contributed by atoms with Crippen LogP contribution in [0.15, 0.2) is 78.9 Å². The maximum atomic E-state index is 10.9. The zero-order chi connectivity index (χ0) is 18.1. The monoisotopic (exact) mass is 331 g/mol. The molecule has 0 N–H and O–H groups in total. The van der Waals surface area contributed by atoms with Crippen LogP contribution in [0.1, 0.15) is 34.6 Å². The number of carbonyl (C=O) groups excluding carboxylic acids is 2. The summed E-state index contributed by atoms with van der Waals surface area (Å²) in [6.45, 7) is 4.00. The molecule has 0 bridgehead atoms. The first kappa shape index (κ1) is 18.1. The first-order valence-corrected chi connectivity index (χ1v) is 8.27. The van der Waals surface area contributed by atoms with Crippen molar-refractivity contribution in [3.63, 3.8) is 0 Å². The summed E-state index contributed by atoms with van der Waals surface area (Å²) in [4.78, 5) is 23.8. The molecule has 3 aromatic carbocycles. The Morgan fingerprint density at radius 2 is 0.920 bits per heavy atom. The molecular weight excluding hydrogens is 310 g/mol. The van der Waals surface area contributed by atoms with Crippen LogP contribution >= 0.6 is 0 Å². The van der Waals surface area contributed by atoms with Crippen molar-refractivity contribution >= 4 is 29.6 Å². The lowest BCUT2D eigenvalue weighted by atomic mass is 10.1. The van der Waals surface area contributed by atoms with E-state index in [-0.39, 0.29) is 0 Å². The fourth-order valence-corrected chi connectivity index (χ4v) is 2.43. The van der Waals surface area contributed by atoms with Crippen molar-refractivity contribution in [3.05, 3.63) is 90.0 Å². The van der Waals surface area contributed by atoms with Gasteiger partial charge in [0, 0.05) is 28.2 Å². The van der Waals surface area contributed by atoms with Crippen LogP contribution in [0.3, 0.4) is 0 Å². The Balaban J connectivity index is 0.00000109. The molecule has 0 aromatic heterocycles. The molecule has 0 spiro atoms. The number of aldehydes is 2. The number of benzene rings is 3. The first-order valence-electron chi connectivity index (χ1n) is 8.27. The fourth-order valence-electron chi connectivity index (χ4n) is 2.43. The normalized spacial score (nSPS) is 9.52. The molecule has 0 aliphatic carbocycles. The molecule has 0 aliphatic rings. The molecule has 0 unspecified atom stereocenters. The van der Waals surface area contributed by atoms with Crippen LogP contribution in [-0.2, 0) is 0 Å². The molecule has 0 aliphatic heterocycles. The third-order valence-corrected chi connectivity index (χ3v) is 3.59. The number of rotatable bonds is 5. The highest BCUT2D eigenvalue weighted by Gasteiger charge is 2.11. The summed E-state index contributed by atoms with van der Waals surface area (Å²) >= 11 is 0. The van der Waals surface area contributed by atoms with E-state index in [0.29, 0.717) is 11.1 Å². The van der Waals surface area contributed by atoms with Gasteiger partial charge in [0.25, 0.3) is 0 Å². The van der Waals surface area contributed by atoms with Gasteiger partial charge in [-0.25, -0.2) is 0 Å². The Kier molecular flexibility index (Phi) is 6.66. The molecule has 126 valence electrons. The summed E-state index contributed by atoms with van der Waals surface area (Å²) in [5.41, 5.74) is 4.17. The van der Waals surface area contributed by atoms with E-state index in [1.165, 1.54) is 0 Å². The highest BCUT2D eigenvalue weighted by molar-refractivity contribution is 5.82. The van der Waals surface area contributed by atoms with Gasteiger partial charge in [0.15, 0.2) is 0 Å². The van der Waals surface area contributed by atoms with Crippen LogP contribution in [0.5, 0.6) is 0 Å². The summed E-state index contributed by atoms with van der Waals surface area (Å²) in [5, 5.41) is 0. The van der Waals surface area contributed by atoms with Crippen LogP contribution in [0.4, 0.5) is 17.1 Å². The van der Waals surface area contributed by atoms with Gasteiger partial charge in [0.2, 0.25) is 0 Å². The van der Waals surface area contributed by atoms with Crippen LogP contribution in [0.25, 0.3) is 0 Å². The van der Waals surface area contributed by atoms with Crippen LogP contribution in [-0.4, -0.2) is 12.6 Å². The molecule has 3 rings (SSSR count). The quantitative estimate of drug-likeness (QED) is 0.554. The van der Waals surface area contributed by atoms with Crippen LogP contribution < -0.4 is 4.90 Å². The number of hydrogen-bond acceptors (Lipinski definition) is 3. The van der Waals surface area contributed by atoms with Crippen LogP contribution in [0, 0.1) is 0 Å². The molecule has 3 nitrogen and oxygen atoms in total. The summed E-state index contributed by atoms with van der Waals surface area (Å²) < 4.78 is 0. The van der Waals surface area contributed by atoms with Gasteiger partial charge in [-0.3, -0.25) is 9.59 Å². The number of anilines is 3. The Labute approximate surface area is 148 Å². The minimum atomic E-state index is 0.637. The Morgan fingerprint density at radius 1 is 0.560 bits per heavy atom. The topological polar surface area (TPSA) is 37.4 Å². The lowest BCUT2D eigenvalue weighted by Gasteiger charge is -2.25. The van der Waals surface area contributed by atoms with Gasteiger partial charge >= 0.3 is 0 Å². The second-order valence-corrected chi connectivity index (χ2v) is 5.09. The molecule has 0 radical (unpaired) electrons. The second-order valence-electron chi connectivity index (χ2n) is 5.09. The minimum Gasteiger partial charge on any atom is -0.311 e.